The van der Waals surface area contributed by atoms with E-state index in [2.05, 4.69) is 15.1 Å². The van der Waals surface area contributed by atoms with Crippen molar-refractivity contribution in [3.8, 4) is 11.5 Å². The maximum Gasteiger partial charge on any atom is 0.249 e. The van der Waals surface area contributed by atoms with Crippen molar-refractivity contribution in [2.24, 2.45) is 0 Å². The van der Waals surface area contributed by atoms with E-state index in [9.17, 15) is 4.79 Å². The summed E-state index contributed by atoms with van der Waals surface area (Å²) in [5.41, 5.74) is 2.95. The van der Waals surface area contributed by atoms with E-state index in [1.54, 1.807) is 4.90 Å². The summed E-state index contributed by atoms with van der Waals surface area (Å²) in [4.78, 5) is 17.1. The number of hydrogen-bond donors (Lipinski definition) is 0. The van der Waals surface area contributed by atoms with E-state index in [1.165, 1.54) is 19.3 Å². The van der Waals surface area contributed by atoms with Gasteiger partial charge in [-0.3, -0.25) is 9.69 Å². The lowest BCUT2D eigenvalue weighted by Crippen LogP contribution is -2.29. The Hall–Kier alpha value is -3.45. The number of para-hydroxylation sites is 1. The van der Waals surface area contributed by atoms with Gasteiger partial charge in [0.05, 0.1) is 12.1 Å². The molecule has 2 aromatic heterocycles. The highest BCUT2D eigenvalue weighted by Crippen LogP contribution is 2.30. The van der Waals surface area contributed by atoms with Gasteiger partial charge in [0.1, 0.15) is 6.54 Å². The second-order valence-electron chi connectivity index (χ2n) is 8.76. The Morgan fingerprint density at radius 2 is 1.76 bits per heavy atom. The van der Waals surface area contributed by atoms with E-state index in [-0.39, 0.29) is 12.5 Å². The summed E-state index contributed by atoms with van der Waals surface area (Å²) >= 11 is 0. The minimum absolute atomic E-state index is 0.0440. The van der Waals surface area contributed by atoms with Crippen molar-refractivity contribution in [1.82, 2.24) is 24.6 Å². The summed E-state index contributed by atoms with van der Waals surface area (Å²) in [7, 11) is 1.84. The van der Waals surface area contributed by atoms with Crippen LogP contribution < -0.4 is 0 Å². The molecule has 170 valence electrons. The van der Waals surface area contributed by atoms with Crippen LogP contribution in [0, 0.1) is 0 Å². The lowest BCUT2D eigenvalue weighted by Gasteiger charge is -2.24. The molecule has 0 radical (unpaired) electrons. The van der Waals surface area contributed by atoms with Crippen LogP contribution in [-0.4, -0.2) is 50.6 Å². The number of carbonyl (C=O) groups excluding carboxylic acids is 1. The van der Waals surface area contributed by atoms with Crippen LogP contribution in [0.3, 0.4) is 0 Å². The highest BCUT2D eigenvalue weighted by Gasteiger charge is 2.20. The van der Waals surface area contributed by atoms with Crippen molar-refractivity contribution in [1.29, 1.82) is 0 Å². The zero-order valence-corrected chi connectivity index (χ0v) is 19.0. The first-order chi connectivity index (χ1) is 16.2. The van der Waals surface area contributed by atoms with Gasteiger partial charge in [-0.25, -0.2) is 0 Å². The van der Waals surface area contributed by atoms with E-state index in [0.717, 1.165) is 35.1 Å². The van der Waals surface area contributed by atoms with Crippen LogP contribution in [0.1, 0.15) is 30.7 Å². The van der Waals surface area contributed by atoms with Gasteiger partial charge >= 0.3 is 0 Å². The molecule has 2 aromatic carbocycles. The van der Waals surface area contributed by atoms with E-state index in [1.807, 2.05) is 72.4 Å². The third-order valence-corrected chi connectivity index (χ3v) is 6.29. The van der Waals surface area contributed by atoms with Gasteiger partial charge in [-0.15, -0.1) is 10.2 Å². The Labute approximate surface area is 193 Å². The van der Waals surface area contributed by atoms with Crippen molar-refractivity contribution in [3.05, 3.63) is 72.2 Å². The molecule has 7 heteroatoms. The van der Waals surface area contributed by atoms with Crippen LogP contribution in [0.4, 0.5) is 0 Å². The Balaban J connectivity index is 1.35. The predicted molar refractivity (Wildman–Crippen MR) is 127 cm³/mol. The maximum atomic E-state index is 13.0. The van der Waals surface area contributed by atoms with E-state index in [4.69, 9.17) is 4.42 Å². The smallest absolute Gasteiger partial charge is 0.249 e. The number of rotatable bonds is 7. The van der Waals surface area contributed by atoms with E-state index < -0.39 is 0 Å². The Morgan fingerprint density at radius 1 is 1.00 bits per heavy atom. The molecule has 1 aliphatic rings. The molecule has 0 atom stereocenters. The molecule has 1 amide bonds. The van der Waals surface area contributed by atoms with Gasteiger partial charge in [0.15, 0.2) is 0 Å². The molecule has 4 aromatic rings. The van der Waals surface area contributed by atoms with Crippen LogP contribution in [0.2, 0.25) is 0 Å². The second kappa shape index (κ2) is 9.58. The average Bonchev–Trinajstić information content (AvgIpc) is 3.45. The molecule has 1 saturated heterocycles. The fraction of sp³-hybridized carbons (Fsp3) is 0.346. The lowest BCUT2D eigenvalue weighted by molar-refractivity contribution is -0.131. The van der Waals surface area contributed by atoms with Crippen molar-refractivity contribution < 1.29 is 9.21 Å². The van der Waals surface area contributed by atoms with Gasteiger partial charge in [-0.1, -0.05) is 55.0 Å². The molecule has 3 heterocycles. The number of aromatic nitrogens is 3. The van der Waals surface area contributed by atoms with Crippen LogP contribution in [0.5, 0.6) is 0 Å². The first-order valence-corrected chi connectivity index (χ1v) is 11.6. The quantitative estimate of drug-likeness (QED) is 0.425. The van der Waals surface area contributed by atoms with Crippen LogP contribution in [0.25, 0.3) is 22.4 Å². The zero-order valence-electron chi connectivity index (χ0n) is 19.0. The Kier molecular flexibility index (Phi) is 6.21. The topological polar surface area (TPSA) is 67.4 Å². The summed E-state index contributed by atoms with van der Waals surface area (Å²) < 4.78 is 8.03. The molecule has 0 spiro atoms. The van der Waals surface area contributed by atoms with Gasteiger partial charge in [-0.05, 0) is 37.6 Å². The van der Waals surface area contributed by atoms with Gasteiger partial charge < -0.3 is 13.9 Å². The summed E-state index contributed by atoms with van der Waals surface area (Å²) in [5, 5.41) is 9.63. The molecule has 7 nitrogen and oxygen atoms in total. The molecule has 0 aliphatic carbocycles. The van der Waals surface area contributed by atoms with Crippen LogP contribution in [0.15, 0.2) is 65.2 Å². The normalized spacial score (nSPS) is 14.6. The average molecular weight is 444 g/mol. The second-order valence-corrected chi connectivity index (χ2v) is 8.76. The Morgan fingerprint density at radius 3 is 2.58 bits per heavy atom. The number of benzene rings is 2. The van der Waals surface area contributed by atoms with Crippen molar-refractivity contribution >= 4 is 16.8 Å². The molecular weight excluding hydrogens is 414 g/mol. The van der Waals surface area contributed by atoms with Crippen molar-refractivity contribution in [2.75, 3.05) is 20.1 Å². The van der Waals surface area contributed by atoms with Gasteiger partial charge in [0, 0.05) is 30.7 Å². The number of fused-ring (bicyclic) bond motifs is 1. The fourth-order valence-corrected chi connectivity index (χ4v) is 4.50. The summed E-state index contributed by atoms with van der Waals surface area (Å²) in [6.07, 6.45) is 5.70. The monoisotopic (exact) mass is 443 g/mol. The summed E-state index contributed by atoms with van der Waals surface area (Å²) in [6.45, 7) is 3.67. The standard InChI is InChI=1S/C26H29N5O2/c1-29(16-20-10-4-2-5-11-20)25(32)19-31-17-22(21-12-6-7-13-23(21)31)26-28-27-24(33-26)18-30-14-8-3-9-15-30/h2,4-7,10-13,17H,3,8-9,14-16,18-19H2,1H3. The van der Waals surface area contributed by atoms with Crippen molar-refractivity contribution in [2.45, 2.75) is 38.9 Å². The van der Waals surface area contributed by atoms with Gasteiger partial charge in [0.25, 0.3) is 0 Å². The predicted octanol–water partition coefficient (Wildman–Crippen LogP) is 4.34. The number of hydrogen-bond acceptors (Lipinski definition) is 5. The van der Waals surface area contributed by atoms with Gasteiger partial charge in [-0.2, -0.15) is 0 Å². The first kappa shape index (κ1) is 21.4. The van der Waals surface area contributed by atoms with Crippen LogP contribution >= 0.6 is 0 Å². The number of nitrogens with zero attached hydrogens (tertiary/aromatic N) is 5. The largest absolute Gasteiger partial charge is 0.419 e. The number of carbonyl (C=O) groups is 1. The molecule has 1 fully saturated rings. The minimum Gasteiger partial charge on any atom is -0.419 e. The number of likely N-dealkylation sites (N-methyl/N-ethyl adjacent to an activating group) is 1. The summed E-state index contributed by atoms with van der Waals surface area (Å²) in [5.74, 6) is 1.19. The lowest BCUT2D eigenvalue weighted by atomic mass is 10.1. The highest BCUT2D eigenvalue weighted by atomic mass is 16.4. The molecular formula is C26H29N5O2. The number of amides is 1. The van der Waals surface area contributed by atoms with Crippen LogP contribution in [-0.2, 0) is 24.4 Å². The number of piperidine rings is 1. The van der Waals surface area contributed by atoms with Gasteiger partial charge in [0.2, 0.25) is 17.7 Å². The zero-order chi connectivity index (χ0) is 22.6. The number of likely N-dealkylation sites (tertiary alicyclic amines) is 1. The third kappa shape index (κ3) is 4.83. The molecule has 0 bridgehead atoms. The molecule has 0 unspecified atom stereocenters. The fourth-order valence-electron chi connectivity index (χ4n) is 4.50. The molecule has 33 heavy (non-hydrogen) atoms. The third-order valence-electron chi connectivity index (χ3n) is 6.29. The first-order valence-electron chi connectivity index (χ1n) is 11.6. The Bertz CT molecular complexity index is 1220. The SMILES string of the molecule is CN(Cc1ccccc1)C(=O)Cn1cc(-c2nnc(CN3CCCCC3)o2)c2ccccc21. The maximum absolute atomic E-state index is 13.0. The molecule has 0 saturated carbocycles. The highest BCUT2D eigenvalue weighted by molar-refractivity contribution is 5.94. The molecule has 1 aliphatic heterocycles. The van der Waals surface area contributed by atoms with E-state index in [0.29, 0.717) is 24.9 Å². The molecule has 5 rings (SSSR count). The van der Waals surface area contributed by atoms with E-state index >= 15 is 0 Å². The minimum atomic E-state index is 0.0440. The van der Waals surface area contributed by atoms with Crippen molar-refractivity contribution in [3.63, 3.8) is 0 Å². The molecule has 0 N–H and O–H groups in total. The summed E-state index contributed by atoms with van der Waals surface area (Å²) in [6, 6.07) is 18.1.